The predicted molar refractivity (Wildman–Crippen MR) is 100 cm³/mol. The van der Waals surface area contributed by atoms with E-state index >= 15 is 0 Å². The molecule has 0 heterocycles. The molecule has 0 amide bonds. The van der Waals surface area contributed by atoms with Gasteiger partial charge in [-0.25, -0.2) is 0 Å². The van der Waals surface area contributed by atoms with Crippen molar-refractivity contribution in [3.05, 3.63) is 69.8 Å². The molecule has 0 saturated carbocycles. The van der Waals surface area contributed by atoms with Crippen LogP contribution in [0, 0.1) is 10.1 Å². The Bertz CT molecular complexity index is 721. The van der Waals surface area contributed by atoms with Crippen molar-refractivity contribution in [2.45, 2.75) is 45.3 Å². The van der Waals surface area contributed by atoms with Gasteiger partial charge in [0.05, 0.1) is 4.92 Å². The second-order valence-electron chi connectivity index (χ2n) is 7.58. The first-order valence-electron chi connectivity index (χ1n) is 8.10. The molecule has 0 radical (unpaired) electrons. The summed E-state index contributed by atoms with van der Waals surface area (Å²) in [4.78, 5) is 11.2. The largest absolute Gasteiger partial charge is 0.539 e. The monoisotopic (exact) mass is 343 g/mol. The molecular weight excluding hydrogens is 318 g/mol. The number of nitro groups is 1. The van der Waals surface area contributed by atoms with Gasteiger partial charge in [-0.1, -0.05) is 57.2 Å². The zero-order valence-corrected chi connectivity index (χ0v) is 16.0. The Labute approximate surface area is 144 Å². The SMILES string of the molecule is CC(C)(C)[Si](C)(C)Oc1ccc(Cc2ccccc2)cc1[N+](=O)[O-]. The lowest BCUT2D eigenvalue weighted by atomic mass is 10.0. The lowest BCUT2D eigenvalue weighted by molar-refractivity contribution is -0.385. The summed E-state index contributed by atoms with van der Waals surface area (Å²) in [7, 11) is -2.12. The average Bonchev–Trinajstić information content (AvgIpc) is 2.48. The maximum atomic E-state index is 11.5. The summed E-state index contributed by atoms with van der Waals surface area (Å²) in [6.07, 6.45) is 0.669. The minimum atomic E-state index is -2.12. The molecule has 0 aliphatic heterocycles. The summed E-state index contributed by atoms with van der Waals surface area (Å²) in [6, 6.07) is 15.2. The fourth-order valence-corrected chi connectivity index (χ4v) is 3.19. The van der Waals surface area contributed by atoms with E-state index in [1.807, 2.05) is 36.4 Å². The van der Waals surface area contributed by atoms with E-state index in [9.17, 15) is 10.1 Å². The van der Waals surface area contributed by atoms with E-state index in [0.717, 1.165) is 11.1 Å². The standard InChI is InChI=1S/C19H25NO3Si/c1-19(2,3)24(4,5)23-18-12-11-16(14-17(18)20(21)22)13-15-9-7-6-8-10-15/h6-12,14H,13H2,1-5H3. The summed E-state index contributed by atoms with van der Waals surface area (Å²) < 4.78 is 6.16. The van der Waals surface area contributed by atoms with Crippen LogP contribution in [0.15, 0.2) is 48.5 Å². The van der Waals surface area contributed by atoms with Crippen LogP contribution in [-0.4, -0.2) is 13.2 Å². The van der Waals surface area contributed by atoms with Crippen molar-refractivity contribution in [2.75, 3.05) is 0 Å². The van der Waals surface area contributed by atoms with Crippen molar-refractivity contribution in [1.29, 1.82) is 0 Å². The highest BCUT2D eigenvalue weighted by molar-refractivity contribution is 6.74. The van der Waals surface area contributed by atoms with Crippen LogP contribution >= 0.6 is 0 Å². The second kappa shape index (κ2) is 6.77. The van der Waals surface area contributed by atoms with Gasteiger partial charge in [0, 0.05) is 6.07 Å². The smallest absolute Gasteiger partial charge is 0.309 e. The molecule has 0 atom stereocenters. The molecule has 0 aromatic heterocycles. The van der Waals surface area contributed by atoms with Gasteiger partial charge in [0.15, 0.2) is 5.75 Å². The second-order valence-corrected chi connectivity index (χ2v) is 12.3. The van der Waals surface area contributed by atoms with Crippen LogP contribution in [0.5, 0.6) is 5.75 Å². The third kappa shape index (κ3) is 4.23. The van der Waals surface area contributed by atoms with Gasteiger partial charge in [0.1, 0.15) is 0 Å². The van der Waals surface area contributed by atoms with Gasteiger partial charge < -0.3 is 4.43 Å². The van der Waals surface area contributed by atoms with Crippen LogP contribution in [0.2, 0.25) is 18.1 Å². The van der Waals surface area contributed by atoms with E-state index in [0.29, 0.717) is 12.2 Å². The highest BCUT2D eigenvalue weighted by atomic mass is 28.4. The van der Waals surface area contributed by atoms with E-state index < -0.39 is 8.32 Å². The molecule has 4 nitrogen and oxygen atoms in total. The number of nitrogens with zero attached hydrogens (tertiary/aromatic N) is 1. The molecule has 0 fully saturated rings. The quantitative estimate of drug-likeness (QED) is 0.405. The maximum absolute atomic E-state index is 11.5. The van der Waals surface area contributed by atoms with Crippen molar-refractivity contribution >= 4 is 14.0 Å². The van der Waals surface area contributed by atoms with Crippen LogP contribution in [0.25, 0.3) is 0 Å². The van der Waals surface area contributed by atoms with Crippen LogP contribution in [0.3, 0.4) is 0 Å². The first-order chi connectivity index (χ1) is 11.1. The van der Waals surface area contributed by atoms with Gasteiger partial charge in [-0.3, -0.25) is 10.1 Å². The minimum Gasteiger partial charge on any atom is -0.539 e. The van der Waals surface area contributed by atoms with E-state index in [4.69, 9.17) is 4.43 Å². The molecule has 0 saturated heterocycles. The average molecular weight is 343 g/mol. The Hall–Kier alpha value is -2.14. The summed E-state index contributed by atoms with van der Waals surface area (Å²) in [5, 5.41) is 11.5. The zero-order chi connectivity index (χ0) is 18.0. The lowest BCUT2D eigenvalue weighted by Gasteiger charge is -2.36. The number of benzene rings is 2. The normalized spacial score (nSPS) is 12.0. The van der Waals surface area contributed by atoms with Crippen molar-refractivity contribution in [3.63, 3.8) is 0 Å². The molecule has 2 rings (SSSR count). The molecule has 0 N–H and O–H groups in total. The minimum absolute atomic E-state index is 0.0103. The number of hydrogen-bond donors (Lipinski definition) is 0. The van der Waals surface area contributed by atoms with Crippen LogP contribution in [0.1, 0.15) is 31.9 Å². The van der Waals surface area contributed by atoms with Crippen LogP contribution < -0.4 is 4.43 Å². The fourth-order valence-electron chi connectivity index (χ4n) is 2.16. The van der Waals surface area contributed by atoms with Crippen LogP contribution in [-0.2, 0) is 6.42 Å². The summed E-state index contributed by atoms with van der Waals surface area (Å²) in [5.41, 5.74) is 2.09. The molecule has 0 spiro atoms. The Morgan fingerprint density at radius 3 is 2.21 bits per heavy atom. The van der Waals surface area contributed by atoms with Gasteiger partial charge in [-0.05, 0) is 41.7 Å². The Morgan fingerprint density at radius 2 is 1.67 bits per heavy atom. The van der Waals surface area contributed by atoms with Crippen molar-refractivity contribution < 1.29 is 9.35 Å². The Kier molecular flexibility index (Phi) is 5.13. The number of hydrogen-bond acceptors (Lipinski definition) is 3. The predicted octanol–water partition coefficient (Wildman–Crippen LogP) is 5.57. The third-order valence-electron chi connectivity index (χ3n) is 4.64. The summed E-state index contributed by atoms with van der Waals surface area (Å²) >= 11 is 0. The van der Waals surface area contributed by atoms with Gasteiger partial charge in [-0.2, -0.15) is 0 Å². The summed E-state index contributed by atoms with van der Waals surface area (Å²) in [5.74, 6) is 0.378. The molecule has 24 heavy (non-hydrogen) atoms. The lowest BCUT2D eigenvalue weighted by Crippen LogP contribution is -2.44. The maximum Gasteiger partial charge on any atom is 0.309 e. The molecule has 0 aliphatic carbocycles. The first-order valence-corrected chi connectivity index (χ1v) is 11.0. The number of rotatable bonds is 5. The van der Waals surface area contributed by atoms with E-state index in [1.165, 1.54) is 0 Å². The van der Waals surface area contributed by atoms with Gasteiger partial charge in [0.2, 0.25) is 0 Å². The highest BCUT2D eigenvalue weighted by Gasteiger charge is 2.40. The molecule has 0 bridgehead atoms. The number of nitro benzene ring substituents is 1. The van der Waals surface area contributed by atoms with Crippen LogP contribution in [0.4, 0.5) is 5.69 Å². The van der Waals surface area contributed by atoms with E-state index in [-0.39, 0.29) is 15.6 Å². The molecule has 2 aromatic carbocycles. The molecule has 128 valence electrons. The fraction of sp³-hybridized carbons (Fsp3) is 0.368. The highest BCUT2D eigenvalue weighted by Crippen LogP contribution is 2.40. The van der Waals surface area contributed by atoms with Gasteiger partial charge in [0.25, 0.3) is 8.32 Å². The molecule has 0 unspecified atom stereocenters. The van der Waals surface area contributed by atoms with E-state index in [1.54, 1.807) is 12.1 Å². The van der Waals surface area contributed by atoms with Crippen molar-refractivity contribution in [3.8, 4) is 5.75 Å². The molecule has 5 heteroatoms. The third-order valence-corrected chi connectivity index (χ3v) is 8.99. The van der Waals surface area contributed by atoms with E-state index in [2.05, 4.69) is 33.9 Å². The van der Waals surface area contributed by atoms with Crippen molar-refractivity contribution in [1.82, 2.24) is 0 Å². The van der Waals surface area contributed by atoms with Crippen molar-refractivity contribution in [2.24, 2.45) is 0 Å². The van der Waals surface area contributed by atoms with Gasteiger partial charge >= 0.3 is 5.69 Å². The van der Waals surface area contributed by atoms with Gasteiger partial charge in [-0.15, -0.1) is 0 Å². The molecule has 0 aliphatic rings. The molecular formula is C19H25NO3Si. The zero-order valence-electron chi connectivity index (χ0n) is 15.0. The Balaban J connectivity index is 2.32. The Morgan fingerprint density at radius 1 is 1.04 bits per heavy atom. The molecule has 2 aromatic rings. The topological polar surface area (TPSA) is 52.4 Å². The first kappa shape index (κ1) is 18.2. The summed E-state index contributed by atoms with van der Waals surface area (Å²) in [6.45, 7) is 10.5.